The smallest absolute Gasteiger partial charge is 0.251 e. The van der Waals surface area contributed by atoms with Crippen molar-refractivity contribution in [1.29, 1.82) is 0 Å². The zero-order chi connectivity index (χ0) is 18.1. The van der Waals surface area contributed by atoms with Gasteiger partial charge in [0.05, 0.1) is 18.3 Å². The van der Waals surface area contributed by atoms with Crippen LogP contribution in [0.1, 0.15) is 41.2 Å². The van der Waals surface area contributed by atoms with Crippen LogP contribution in [0.15, 0.2) is 48.5 Å². The molecule has 2 heterocycles. The lowest BCUT2D eigenvalue weighted by Gasteiger charge is -2.26. The highest BCUT2D eigenvalue weighted by molar-refractivity contribution is 6.20. The number of para-hydroxylation sites is 1. The summed E-state index contributed by atoms with van der Waals surface area (Å²) in [6, 6.07) is 14.1. The number of nitrogens with one attached hydrogen (secondary N) is 1. The van der Waals surface area contributed by atoms with E-state index in [4.69, 9.17) is 4.74 Å². The molecule has 2 aromatic carbocycles. The van der Waals surface area contributed by atoms with Crippen LogP contribution < -0.4 is 15.0 Å². The molecule has 1 saturated heterocycles. The average Bonchev–Trinajstić information content (AvgIpc) is 3.00. The van der Waals surface area contributed by atoms with Crippen molar-refractivity contribution in [2.24, 2.45) is 0 Å². The Kier molecular flexibility index (Phi) is 4.16. The molecule has 132 valence electrons. The van der Waals surface area contributed by atoms with E-state index in [0.717, 1.165) is 16.2 Å². The number of imide groups is 1. The van der Waals surface area contributed by atoms with Gasteiger partial charge in [-0.2, -0.15) is 0 Å². The van der Waals surface area contributed by atoms with Gasteiger partial charge < -0.3 is 10.1 Å². The molecule has 0 aliphatic carbocycles. The first-order chi connectivity index (χ1) is 12.6. The quantitative estimate of drug-likeness (QED) is 0.864. The first-order valence-electron chi connectivity index (χ1n) is 8.62. The first-order valence-corrected chi connectivity index (χ1v) is 8.62. The van der Waals surface area contributed by atoms with Crippen LogP contribution in [-0.2, 0) is 9.59 Å². The summed E-state index contributed by atoms with van der Waals surface area (Å²) >= 11 is 0. The van der Waals surface area contributed by atoms with Crippen molar-refractivity contribution < 1.29 is 19.1 Å². The summed E-state index contributed by atoms with van der Waals surface area (Å²) in [5.41, 5.74) is 1.81. The number of carbonyl (C=O) groups excluding carboxylic acids is 3. The summed E-state index contributed by atoms with van der Waals surface area (Å²) < 4.78 is 5.62. The standard InChI is InChI=1S/C20H18N2O4/c23-18-8-9-19(24)22(18)14-5-3-4-13(12-14)20(25)21-16-10-11-26-17-7-2-1-6-15(16)17/h1-7,12,16H,8-11H2,(H,21,25)/t16-/m0/s1. The van der Waals surface area contributed by atoms with Gasteiger partial charge in [-0.1, -0.05) is 24.3 Å². The second-order valence-electron chi connectivity index (χ2n) is 6.37. The number of nitrogens with zero attached hydrogens (tertiary/aromatic N) is 1. The van der Waals surface area contributed by atoms with Crippen molar-refractivity contribution in [3.8, 4) is 5.75 Å². The number of ether oxygens (including phenoxy) is 1. The van der Waals surface area contributed by atoms with Crippen molar-refractivity contribution in [1.82, 2.24) is 5.32 Å². The molecular weight excluding hydrogens is 332 g/mol. The van der Waals surface area contributed by atoms with E-state index in [2.05, 4.69) is 5.32 Å². The van der Waals surface area contributed by atoms with Gasteiger partial charge in [0, 0.05) is 30.4 Å². The molecule has 1 N–H and O–H groups in total. The number of anilines is 1. The Morgan fingerprint density at radius 2 is 1.81 bits per heavy atom. The molecule has 6 heteroatoms. The van der Waals surface area contributed by atoms with Crippen LogP contribution >= 0.6 is 0 Å². The number of amides is 3. The molecule has 4 rings (SSSR count). The molecule has 0 radical (unpaired) electrons. The van der Waals surface area contributed by atoms with Crippen molar-refractivity contribution in [3.05, 3.63) is 59.7 Å². The van der Waals surface area contributed by atoms with Gasteiger partial charge in [0.1, 0.15) is 5.75 Å². The fourth-order valence-electron chi connectivity index (χ4n) is 3.38. The molecule has 0 spiro atoms. The fraction of sp³-hybridized carbons (Fsp3) is 0.250. The minimum Gasteiger partial charge on any atom is -0.493 e. The van der Waals surface area contributed by atoms with E-state index in [1.807, 2.05) is 24.3 Å². The Hall–Kier alpha value is -3.15. The van der Waals surface area contributed by atoms with E-state index < -0.39 is 0 Å². The lowest BCUT2D eigenvalue weighted by Crippen LogP contribution is -2.32. The maximum absolute atomic E-state index is 12.7. The fourth-order valence-corrected chi connectivity index (χ4v) is 3.38. The Morgan fingerprint density at radius 3 is 2.62 bits per heavy atom. The Balaban J connectivity index is 1.56. The second-order valence-corrected chi connectivity index (χ2v) is 6.37. The van der Waals surface area contributed by atoms with Gasteiger partial charge in [-0.05, 0) is 24.3 Å². The number of hydrogen-bond donors (Lipinski definition) is 1. The summed E-state index contributed by atoms with van der Waals surface area (Å²) in [7, 11) is 0. The molecular formula is C20H18N2O4. The molecule has 0 aromatic heterocycles. The molecule has 0 unspecified atom stereocenters. The summed E-state index contributed by atoms with van der Waals surface area (Å²) in [6.45, 7) is 0.540. The van der Waals surface area contributed by atoms with Crippen molar-refractivity contribution >= 4 is 23.4 Å². The van der Waals surface area contributed by atoms with Gasteiger partial charge in [0.2, 0.25) is 11.8 Å². The third-order valence-electron chi connectivity index (χ3n) is 4.68. The van der Waals surface area contributed by atoms with E-state index >= 15 is 0 Å². The topological polar surface area (TPSA) is 75.7 Å². The van der Waals surface area contributed by atoms with E-state index in [9.17, 15) is 14.4 Å². The molecule has 26 heavy (non-hydrogen) atoms. The van der Waals surface area contributed by atoms with Crippen LogP contribution in [0.25, 0.3) is 0 Å². The van der Waals surface area contributed by atoms with E-state index in [1.54, 1.807) is 24.3 Å². The summed E-state index contributed by atoms with van der Waals surface area (Å²) in [6.07, 6.45) is 1.12. The third-order valence-corrected chi connectivity index (χ3v) is 4.68. The Morgan fingerprint density at radius 1 is 1.04 bits per heavy atom. The number of fused-ring (bicyclic) bond motifs is 1. The highest BCUT2D eigenvalue weighted by atomic mass is 16.5. The molecule has 2 aliphatic rings. The largest absolute Gasteiger partial charge is 0.493 e. The summed E-state index contributed by atoms with van der Waals surface area (Å²) in [4.78, 5) is 37.7. The van der Waals surface area contributed by atoms with E-state index in [1.165, 1.54) is 0 Å². The monoisotopic (exact) mass is 350 g/mol. The van der Waals surface area contributed by atoms with E-state index in [0.29, 0.717) is 24.3 Å². The van der Waals surface area contributed by atoms with Crippen LogP contribution in [0.3, 0.4) is 0 Å². The lowest BCUT2D eigenvalue weighted by molar-refractivity contribution is -0.121. The SMILES string of the molecule is O=C(N[C@H]1CCOc2ccccc21)c1cccc(N2C(=O)CCC2=O)c1. The van der Waals surface area contributed by atoms with Crippen LogP contribution in [0.5, 0.6) is 5.75 Å². The molecule has 0 bridgehead atoms. The van der Waals surface area contributed by atoms with Gasteiger partial charge in [0.25, 0.3) is 5.91 Å². The highest BCUT2D eigenvalue weighted by Crippen LogP contribution is 2.32. The van der Waals surface area contributed by atoms with Gasteiger partial charge in [-0.3, -0.25) is 19.3 Å². The van der Waals surface area contributed by atoms with Crippen molar-refractivity contribution in [3.63, 3.8) is 0 Å². The third kappa shape index (κ3) is 2.94. The van der Waals surface area contributed by atoms with Crippen LogP contribution in [0, 0.1) is 0 Å². The Labute approximate surface area is 150 Å². The predicted octanol–water partition coefficient (Wildman–Crippen LogP) is 2.59. The van der Waals surface area contributed by atoms with Gasteiger partial charge in [-0.25, -0.2) is 0 Å². The van der Waals surface area contributed by atoms with Crippen LogP contribution in [0.4, 0.5) is 5.69 Å². The molecule has 2 aromatic rings. The molecule has 1 fully saturated rings. The van der Waals surface area contributed by atoms with Crippen LogP contribution in [-0.4, -0.2) is 24.3 Å². The Bertz CT molecular complexity index is 877. The maximum Gasteiger partial charge on any atom is 0.251 e. The highest BCUT2D eigenvalue weighted by Gasteiger charge is 2.31. The molecule has 3 amide bonds. The number of benzene rings is 2. The zero-order valence-corrected chi connectivity index (χ0v) is 14.1. The van der Waals surface area contributed by atoms with Gasteiger partial charge >= 0.3 is 0 Å². The predicted molar refractivity (Wildman–Crippen MR) is 94.9 cm³/mol. The van der Waals surface area contributed by atoms with Crippen molar-refractivity contribution in [2.75, 3.05) is 11.5 Å². The minimum absolute atomic E-state index is 0.133. The maximum atomic E-state index is 12.7. The second kappa shape index (κ2) is 6.63. The first kappa shape index (κ1) is 16.3. The lowest BCUT2D eigenvalue weighted by atomic mass is 10.00. The molecule has 1 atom stereocenters. The zero-order valence-electron chi connectivity index (χ0n) is 14.1. The molecule has 0 saturated carbocycles. The van der Waals surface area contributed by atoms with Crippen molar-refractivity contribution in [2.45, 2.75) is 25.3 Å². The van der Waals surface area contributed by atoms with Gasteiger partial charge in [-0.15, -0.1) is 0 Å². The average molecular weight is 350 g/mol. The van der Waals surface area contributed by atoms with Gasteiger partial charge in [0.15, 0.2) is 0 Å². The number of rotatable bonds is 3. The van der Waals surface area contributed by atoms with E-state index in [-0.39, 0.29) is 36.6 Å². The summed E-state index contributed by atoms with van der Waals surface area (Å²) in [5.74, 6) is 0.0792. The summed E-state index contributed by atoms with van der Waals surface area (Å²) in [5, 5.41) is 3.02. The molecule has 2 aliphatic heterocycles. The number of carbonyl (C=O) groups is 3. The number of hydrogen-bond acceptors (Lipinski definition) is 4. The normalized spacial score (nSPS) is 19.1. The minimum atomic E-state index is -0.243. The molecule has 6 nitrogen and oxygen atoms in total. The van der Waals surface area contributed by atoms with Crippen LogP contribution in [0.2, 0.25) is 0 Å².